The SMILES string of the molecule is Cc1nc(OCc2cccc(-c3ccccc3)c2C)ncc1C=O. The van der Waals surface area contributed by atoms with Crippen LogP contribution in [-0.4, -0.2) is 16.3 Å². The molecule has 4 heteroatoms. The van der Waals surface area contributed by atoms with E-state index in [1.807, 2.05) is 30.3 Å². The predicted octanol–water partition coefficient (Wildman–Crippen LogP) is 4.15. The Hall–Kier alpha value is -3.01. The van der Waals surface area contributed by atoms with Crippen molar-refractivity contribution in [2.24, 2.45) is 0 Å². The van der Waals surface area contributed by atoms with Gasteiger partial charge in [0.15, 0.2) is 6.29 Å². The molecule has 0 bridgehead atoms. The molecule has 120 valence electrons. The number of ether oxygens (including phenoxy) is 1. The number of hydrogen-bond donors (Lipinski definition) is 0. The van der Waals surface area contributed by atoms with E-state index in [1.54, 1.807) is 6.92 Å². The summed E-state index contributed by atoms with van der Waals surface area (Å²) in [6, 6.07) is 16.7. The molecule has 0 amide bonds. The molecule has 3 rings (SSSR count). The van der Waals surface area contributed by atoms with Gasteiger partial charge in [0.05, 0.1) is 11.3 Å². The summed E-state index contributed by atoms with van der Waals surface area (Å²) in [5.74, 6) is 0. The van der Waals surface area contributed by atoms with E-state index < -0.39 is 0 Å². The minimum absolute atomic E-state index is 0.280. The van der Waals surface area contributed by atoms with Crippen LogP contribution in [0.15, 0.2) is 54.7 Å². The van der Waals surface area contributed by atoms with Crippen LogP contribution in [0, 0.1) is 13.8 Å². The second-order valence-corrected chi connectivity index (χ2v) is 5.56. The Kier molecular flexibility index (Phi) is 4.66. The fourth-order valence-corrected chi connectivity index (χ4v) is 2.55. The number of nitrogens with zero attached hydrogens (tertiary/aromatic N) is 2. The quantitative estimate of drug-likeness (QED) is 0.663. The molecule has 0 N–H and O–H groups in total. The third-order valence-corrected chi connectivity index (χ3v) is 4.01. The molecule has 1 heterocycles. The van der Waals surface area contributed by atoms with E-state index in [0.29, 0.717) is 17.9 Å². The van der Waals surface area contributed by atoms with Crippen LogP contribution < -0.4 is 4.74 Å². The molecular weight excluding hydrogens is 300 g/mol. The topological polar surface area (TPSA) is 52.1 Å². The van der Waals surface area contributed by atoms with Gasteiger partial charge in [-0.2, -0.15) is 4.98 Å². The molecule has 0 saturated carbocycles. The molecule has 0 aliphatic heterocycles. The average molecular weight is 318 g/mol. The minimum atomic E-state index is 0.280. The van der Waals surface area contributed by atoms with Gasteiger partial charge in [-0.05, 0) is 36.1 Å². The Bertz CT molecular complexity index is 861. The van der Waals surface area contributed by atoms with Crippen LogP contribution in [0.3, 0.4) is 0 Å². The monoisotopic (exact) mass is 318 g/mol. The van der Waals surface area contributed by atoms with Crippen LogP contribution in [0.2, 0.25) is 0 Å². The van der Waals surface area contributed by atoms with E-state index in [4.69, 9.17) is 4.74 Å². The Morgan fingerprint density at radius 3 is 2.54 bits per heavy atom. The molecule has 0 aliphatic rings. The molecule has 0 spiro atoms. The zero-order valence-corrected chi connectivity index (χ0v) is 13.7. The lowest BCUT2D eigenvalue weighted by Gasteiger charge is -2.12. The smallest absolute Gasteiger partial charge is 0.316 e. The van der Waals surface area contributed by atoms with Crippen LogP contribution in [0.4, 0.5) is 0 Å². The molecule has 3 aromatic rings. The van der Waals surface area contributed by atoms with Crippen LogP contribution >= 0.6 is 0 Å². The highest BCUT2D eigenvalue weighted by Crippen LogP contribution is 2.26. The van der Waals surface area contributed by atoms with Gasteiger partial charge >= 0.3 is 6.01 Å². The molecule has 0 unspecified atom stereocenters. The van der Waals surface area contributed by atoms with Crippen molar-refractivity contribution in [1.82, 2.24) is 9.97 Å². The van der Waals surface area contributed by atoms with Gasteiger partial charge in [0.25, 0.3) is 0 Å². The number of aromatic nitrogens is 2. The van der Waals surface area contributed by atoms with E-state index in [-0.39, 0.29) is 6.01 Å². The highest BCUT2D eigenvalue weighted by molar-refractivity contribution is 5.75. The summed E-state index contributed by atoms with van der Waals surface area (Å²) in [6.45, 7) is 4.23. The van der Waals surface area contributed by atoms with E-state index in [1.165, 1.54) is 22.9 Å². The van der Waals surface area contributed by atoms with Crippen molar-refractivity contribution >= 4 is 6.29 Å². The lowest BCUT2D eigenvalue weighted by Crippen LogP contribution is -2.04. The largest absolute Gasteiger partial charge is 0.459 e. The summed E-state index contributed by atoms with van der Waals surface area (Å²) in [4.78, 5) is 19.1. The first-order chi connectivity index (χ1) is 11.7. The Balaban J connectivity index is 1.81. The molecule has 0 saturated heterocycles. The second kappa shape index (κ2) is 7.04. The Morgan fingerprint density at radius 2 is 1.83 bits per heavy atom. The summed E-state index contributed by atoms with van der Waals surface area (Å²) < 4.78 is 5.71. The standard InChI is InChI=1S/C20H18N2O2/c1-14-17(9-6-10-19(14)16-7-4-3-5-8-16)13-24-20-21-11-18(12-23)15(2)22-20/h3-12H,13H2,1-2H3. The molecule has 0 fully saturated rings. The molecule has 4 nitrogen and oxygen atoms in total. The number of aldehydes is 1. The van der Waals surface area contributed by atoms with Crippen molar-refractivity contribution in [2.75, 3.05) is 0 Å². The number of aryl methyl sites for hydroxylation is 1. The summed E-state index contributed by atoms with van der Waals surface area (Å²) in [5, 5.41) is 0. The number of benzene rings is 2. The van der Waals surface area contributed by atoms with Crippen LogP contribution in [0.1, 0.15) is 27.2 Å². The van der Waals surface area contributed by atoms with Gasteiger partial charge < -0.3 is 4.74 Å². The van der Waals surface area contributed by atoms with Crippen LogP contribution in [0.5, 0.6) is 6.01 Å². The summed E-state index contributed by atoms with van der Waals surface area (Å²) >= 11 is 0. The number of hydrogen-bond acceptors (Lipinski definition) is 4. The first-order valence-corrected chi connectivity index (χ1v) is 7.74. The first-order valence-electron chi connectivity index (χ1n) is 7.74. The van der Waals surface area contributed by atoms with Gasteiger partial charge in [-0.3, -0.25) is 4.79 Å². The van der Waals surface area contributed by atoms with Gasteiger partial charge in [0, 0.05) is 6.20 Å². The van der Waals surface area contributed by atoms with Crippen molar-refractivity contribution < 1.29 is 9.53 Å². The molecule has 0 radical (unpaired) electrons. The highest BCUT2D eigenvalue weighted by Gasteiger charge is 2.08. The summed E-state index contributed by atoms with van der Waals surface area (Å²) in [7, 11) is 0. The molecule has 0 atom stereocenters. The molecule has 1 aromatic heterocycles. The second-order valence-electron chi connectivity index (χ2n) is 5.56. The Morgan fingerprint density at radius 1 is 1.04 bits per heavy atom. The van der Waals surface area contributed by atoms with Crippen LogP contribution in [0.25, 0.3) is 11.1 Å². The summed E-state index contributed by atoms with van der Waals surface area (Å²) in [5.41, 5.74) is 5.71. The lowest BCUT2D eigenvalue weighted by molar-refractivity contribution is 0.112. The maximum atomic E-state index is 10.8. The number of rotatable bonds is 5. The average Bonchev–Trinajstić information content (AvgIpc) is 2.62. The van der Waals surface area contributed by atoms with Gasteiger partial charge in [0.1, 0.15) is 6.61 Å². The van der Waals surface area contributed by atoms with E-state index in [0.717, 1.165) is 11.8 Å². The van der Waals surface area contributed by atoms with Crippen LogP contribution in [-0.2, 0) is 6.61 Å². The fraction of sp³-hybridized carbons (Fsp3) is 0.150. The number of carbonyl (C=O) groups excluding carboxylic acids is 1. The zero-order valence-electron chi connectivity index (χ0n) is 13.7. The van der Waals surface area contributed by atoms with Crippen molar-refractivity contribution in [3.63, 3.8) is 0 Å². The molecular formula is C20H18N2O2. The lowest BCUT2D eigenvalue weighted by atomic mass is 9.97. The van der Waals surface area contributed by atoms with Gasteiger partial charge in [0.2, 0.25) is 0 Å². The van der Waals surface area contributed by atoms with E-state index >= 15 is 0 Å². The Labute approximate surface area is 141 Å². The van der Waals surface area contributed by atoms with E-state index in [2.05, 4.69) is 35.1 Å². The van der Waals surface area contributed by atoms with Crippen molar-refractivity contribution in [3.8, 4) is 17.1 Å². The molecule has 2 aromatic carbocycles. The minimum Gasteiger partial charge on any atom is -0.459 e. The third-order valence-electron chi connectivity index (χ3n) is 4.01. The van der Waals surface area contributed by atoms with Gasteiger partial charge in [-0.25, -0.2) is 4.98 Å². The maximum absolute atomic E-state index is 10.8. The normalized spacial score (nSPS) is 10.4. The molecule has 0 aliphatic carbocycles. The number of carbonyl (C=O) groups is 1. The molecule has 24 heavy (non-hydrogen) atoms. The fourth-order valence-electron chi connectivity index (χ4n) is 2.55. The zero-order chi connectivity index (χ0) is 16.9. The van der Waals surface area contributed by atoms with Gasteiger partial charge in [-0.15, -0.1) is 0 Å². The third kappa shape index (κ3) is 3.33. The van der Waals surface area contributed by atoms with Crippen molar-refractivity contribution in [3.05, 3.63) is 77.1 Å². The first kappa shape index (κ1) is 15.9. The predicted molar refractivity (Wildman–Crippen MR) is 93.1 cm³/mol. The summed E-state index contributed by atoms with van der Waals surface area (Å²) in [6.07, 6.45) is 2.23. The van der Waals surface area contributed by atoms with Crippen molar-refractivity contribution in [2.45, 2.75) is 20.5 Å². The van der Waals surface area contributed by atoms with Gasteiger partial charge in [-0.1, -0.05) is 48.5 Å². The highest BCUT2D eigenvalue weighted by atomic mass is 16.5. The maximum Gasteiger partial charge on any atom is 0.316 e. The van der Waals surface area contributed by atoms with E-state index in [9.17, 15) is 4.79 Å². The van der Waals surface area contributed by atoms with Crippen molar-refractivity contribution in [1.29, 1.82) is 0 Å².